The Morgan fingerprint density at radius 2 is 1.75 bits per heavy atom. The van der Waals surface area contributed by atoms with Crippen LogP contribution < -0.4 is 5.32 Å². The fourth-order valence-corrected chi connectivity index (χ4v) is 2.46. The van der Waals surface area contributed by atoms with Crippen molar-refractivity contribution in [2.75, 3.05) is 6.54 Å². The normalized spacial score (nSPS) is 10.4. The highest BCUT2D eigenvalue weighted by molar-refractivity contribution is 6.30. The van der Waals surface area contributed by atoms with Crippen molar-refractivity contribution in [1.29, 1.82) is 0 Å². The number of carbonyl (C=O) groups is 1. The van der Waals surface area contributed by atoms with Crippen molar-refractivity contribution in [3.05, 3.63) is 83.1 Å². The molecule has 1 heterocycles. The Labute approximate surface area is 145 Å². The predicted molar refractivity (Wildman–Crippen MR) is 95.0 cm³/mol. The standard InChI is InChI=1S/C19H16ClN3O/c20-17-8-4-7-16(11-17)19(24)21-10-9-14-12-22-18(23-13-14)15-5-2-1-3-6-15/h1-8,11-13H,9-10H2,(H,21,24). The largest absolute Gasteiger partial charge is 0.352 e. The van der Waals surface area contributed by atoms with Crippen LogP contribution in [0.1, 0.15) is 15.9 Å². The summed E-state index contributed by atoms with van der Waals surface area (Å²) >= 11 is 5.89. The summed E-state index contributed by atoms with van der Waals surface area (Å²) in [6.07, 6.45) is 4.25. The number of aromatic nitrogens is 2. The maximum atomic E-state index is 12.0. The molecule has 120 valence electrons. The second-order valence-electron chi connectivity index (χ2n) is 5.30. The molecule has 2 aromatic carbocycles. The average molecular weight is 338 g/mol. The number of carbonyl (C=O) groups excluding carboxylic acids is 1. The zero-order valence-electron chi connectivity index (χ0n) is 12.9. The maximum absolute atomic E-state index is 12.0. The second kappa shape index (κ2) is 7.70. The molecule has 0 aliphatic heterocycles. The fraction of sp³-hybridized carbons (Fsp3) is 0.105. The molecule has 0 aliphatic carbocycles. The Hall–Kier alpha value is -2.72. The van der Waals surface area contributed by atoms with Crippen molar-refractivity contribution in [3.8, 4) is 11.4 Å². The molecule has 1 amide bonds. The summed E-state index contributed by atoms with van der Waals surface area (Å²) in [5.74, 6) is 0.557. The highest BCUT2D eigenvalue weighted by Crippen LogP contribution is 2.13. The summed E-state index contributed by atoms with van der Waals surface area (Å²) in [6, 6.07) is 16.7. The van der Waals surface area contributed by atoms with E-state index in [1.807, 2.05) is 30.3 Å². The average Bonchev–Trinajstić information content (AvgIpc) is 2.63. The van der Waals surface area contributed by atoms with E-state index in [1.54, 1.807) is 36.7 Å². The Kier molecular flexibility index (Phi) is 5.18. The van der Waals surface area contributed by atoms with Gasteiger partial charge in [0.2, 0.25) is 0 Å². The van der Waals surface area contributed by atoms with Crippen LogP contribution in [0.4, 0.5) is 0 Å². The minimum absolute atomic E-state index is 0.140. The molecular weight excluding hydrogens is 322 g/mol. The van der Waals surface area contributed by atoms with E-state index >= 15 is 0 Å². The Morgan fingerprint density at radius 1 is 1.00 bits per heavy atom. The van der Waals surface area contributed by atoms with Gasteiger partial charge < -0.3 is 5.32 Å². The number of hydrogen-bond acceptors (Lipinski definition) is 3. The van der Waals surface area contributed by atoms with Crippen LogP contribution in [0.25, 0.3) is 11.4 Å². The van der Waals surface area contributed by atoms with Gasteiger partial charge in [-0.05, 0) is 30.2 Å². The van der Waals surface area contributed by atoms with Gasteiger partial charge >= 0.3 is 0 Å². The Balaban J connectivity index is 1.55. The molecule has 0 spiro atoms. The Bertz CT molecular complexity index is 820. The number of rotatable bonds is 5. The van der Waals surface area contributed by atoms with Crippen LogP contribution in [0.2, 0.25) is 5.02 Å². The van der Waals surface area contributed by atoms with E-state index in [1.165, 1.54) is 0 Å². The lowest BCUT2D eigenvalue weighted by molar-refractivity contribution is 0.0954. The van der Waals surface area contributed by atoms with E-state index in [0.29, 0.717) is 29.4 Å². The minimum Gasteiger partial charge on any atom is -0.352 e. The number of nitrogens with one attached hydrogen (secondary N) is 1. The third-order valence-electron chi connectivity index (χ3n) is 3.52. The van der Waals surface area contributed by atoms with Crippen molar-refractivity contribution >= 4 is 17.5 Å². The monoisotopic (exact) mass is 337 g/mol. The summed E-state index contributed by atoms with van der Waals surface area (Å²) in [5.41, 5.74) is 2.51. The number of benzene rings is 2. The molecule has 3 aromatic rings. The van der Waals surface area contributed by atoms with Gasteiger partial charge in [0.25, 0.3) is 5.91 Å². The first-order valence-electron chi connectivity index (χ1n) is 7.62. The molecule has 24 heavy (non-hydrogen) atoms. The number of halogens is 1. The van der Waals surface area contributed by atoms with Crippen LogP contribution in [-0.4, -0.2) is 22.4 Å². The second-order valence-corrected chi connectivity index (χ2v) is 5.73. The van der Waals surface area contributed by atoms with E-state index in [2.05, 4.69) is 15.3 Å². The van der Waals surface area contributed by atoms with Crippen molar-refractivity contribution in [2.24, 2.45) is 0 Å². The van der Waals surface area contributed by atoms with Crippen LogP contribution in [0.5, 0.6) is 0 Å². The van der Waals surface area contributed by atoms with Gasteiger partial charge in [0, 0.05) is 35.1 Å². The van der Waals surface area contributed by atoms with E-state index in [9.17, 15) is 4.79 Å². The number of nitrogens with zero attached hydrogens (tertiary/aromatic N) is 2. The molecule has 0 saturated carbocycles. The van der Waals surface area contributed by atoms with Gasteiger partial charge in [0.1, 0.15) is 0 Å². The molecule has 0 bridgehead atoms. The van der Waals surface area contributed by atoms with Crippen molar-refractivity contribution < 1.29 is 4.79 Å². The fourth-order valence-electron chi connectivity index (χ4n) is 2.27. The highest BCUT2D eigenvalue weighted by atomic mass is 35.5. The maximum Gasteiger partial charge on any atom is 0.251 e. The Morgan fingerprint density at radius 3 is 2.46 bits per heavy atom. The summed E-state index contributed by atoms with van der Waals surface area (Å²) in [6.45, 7) is 0.513. The van der Waals surface area contributed by atoms with Gasteiger partial charge in [-0.2, -0.15) is 0 Å². The highest BCUT2D eigenvalue weighted by Gasteiger charge is 2.06. The van der Waals surface area contributed by atoms with Gasteiger partial charge in [-0.25, -0.2) is 9.97 Å². The lowest BCUT2D eigenvalue weighted by Gasteiger charge is -2.06. The van der Waals surface area contributed by atoms with Crippen molar-refractivity contribution in [1.82, 2.24) is 15.3 Å². The molecule has 1 N–H and O–H groups in total. The van der Waals surface area contributed by atoms with Gasteiger partial charge in [-0.15, -0.1) is 0 Å². The van der Waals surface area contributed by atoms with E-state index in [0.717, 1.165) is 11.1 Å². The lowest BCUT2D eigenvalue weighted by atomic mass is 10.2. The third kappa shape index (κ3) is 4.18. The predicted octanol–water partition coefficient (Wildman–Crippen LogP) is 3.77. The van der Waals surface area contributed by atoms with Crippen LogP contribution in [0.15, 0.2) is 67.0 Å². The minimum atomic E-state index is -0.140. The van der Waals surface area contributed by atoms with Crippen LogP contribution in [-0.2, 0) is 6.42 Å². The SMILES string of the molecule is O=C(NCCc1cnc(-c2ccccc2)nc1)c1cccc(Cl)c1. The van der Waals surface area contributed by atoms with Crippen molar-refractivity contribution in [2.45, 2.75) is 6.42 Å². The van der Waals surface area contributed by atoms with Crippen LogP contribution in [0.3, 0.4) is 0 Å². The first-order valence-corrected chi connectivity index (χ1v) is 8.00. The zero-order valence-corrected chi connectivity index (χ0v) is 13.7. The lowest BCUT2D eigenvalue weighted by Crippen LogP contribution is -2.25. The van der Waals surface area contributed by atoms with Crippen LogP contribution >= 0.6 is 11.6 Å². The first-order chi connectivity index (χ1) is 11.7. The van der Waals surface area contributed by atoms with Gasteiger partial charge in [-0.1, -0.05) is 48.0 Å². The number of amides is 1. The van der Waals surface area contributed by atoms with E-state index in [4.69, 9.17) is 11.6 Å². The molecule has 0 saturated heterocycles. The van der Waals surface area contributed by atoms with Crippen LogP contribution in [0, 0.1) is 0 Å². The summed E-state index contributed by atoms with van der Waals surface area (Å²) in [5, 5.41) is 3.42. The van der Waals surface area contributed by atoms with E-state index in [-0.39, 0.29) is 5.91 Å². The van der Waals surface area contributed by atoms with E-state index < -0.39 is 0 Å². The van der Waals surface area contributed by atoms with Gasteiger partial charge in [-0.3, -0.25) is 4.79 Å². The molecule has 3 rings (SSSR count). The molecule has 0 radical (unpaired) electrons. The molecular formula is C19H16ClN3O. The zero-order chi connectivity index (χ0) is 16.8. The third-order valence-corrected chi connectivity index (χ3v) is 3.76. The molecule has 1 aromatic heterocycles. The molecule has 0 atom stereocenters. The molecule has 0 unspecified atom stereocenters. The molecule has 0 aliphatic rings. The number of hydrogen-bond donors (Lipinski definition) is 1. The van der Waals surface area contributed by atoms with Gasteiger partial charge in [0.15, 0.2) is 5.82 Å². The first kappa shape index (κ1) is 16.1. The summed E-state index contributed by atoms with van der Waals surface area (Å²) in [7, 11) is 0. The van der Waals surface area contributed by atoms with Crippen molar-refractivity contribution in [3.63, 3.8) is 0 Å². The topological polar surface area (TPSA) is 54.9 Å². The molecule has 4 nitrogen and oxygen atoms in total. The molecule has 0 fully saturated rings. The van der Waals surface area contributed by atoms with Gasteiger partial charge in [0.05, 0.1) is 0 Å². The smallest absolute Gasteiger partial charge is 0.251 e. The summed E-state index contributed by atoms with van der Waals surface area (Å²) in [4.78, 5) is 20.8. The quantitative estimate of drug-likeness (QED) is 0.771. The summed E-state index contributed by atoms with van der Waals surface area (Å²) < 4.78 is 0. The molecule has 5 heteroatoms.